The summed E-state index contributed by atoms with van der Waals surface area (Å²) in [6, 6.07) is 12.6. The predicted molar refractivity (Wildman–Crippen MR) is 126 cm³/mol. The Morgan fingerprint density at radius 3 is 2.27 bits per heavy atom. The number of nitriles is 2. The number of aryl methyl sites for hydroxylation is 1. The first-order valence-electron chi connectivity index (χ1n) is 10.4. The Morgan fingerprint density at radius 2 is 1.83 bits per heavy atom. The van der Waals surface area contributed by atoms with Crippen LogP contribution in [0.5, 0.6) is 0 Å². The number of hydrogen-bond acceptors (Lipinski definition) is 2. The quantitative estimate of drug-likeness (QED) is 0.501. The molecule has 0 saturated heterocycles. The molecule has 0 aliphatic heterocycles. The van der Waals surface area contributed by atoms with Crippen molar-refractivity contribution in [3.8, 4) is 12.1 Å². The third-order valence-electron chi connectivity index (χ3n) is 5.20. The Balaban J connectivity index is 0.000000335. The lowest BCUT2D eigenvalue weighted by molar-refractivity contribution is 0.484. The zero-order valence-electron chi connectivity index (χ0n) is 18.4. The van der Waals surface area contributed by atoms with Crippen molar-refractivity contribution in [3.63, 3.8) is 0 Å². The van der Waals surface area contributed by atoms with E-state index in [2.05, 4.69) is 50.3 Å². The SMILES string of the molecule is C/C=C(\C#N)C1C=CC(/C(C#N)=C/c2ccc(C)cc2)=CC1.CC1(C)C=CC=CC1. The summed E-state index contributed by atoms with van der Waals surface area (Å²) in [4.78, 5) is 0. The molecule has 0 heterocycles. The number of benzene rings is 1. The Bertz CT molecular complexity index is 994. The van der Waals surface area contributed by atoms with E-state index in [0.29, 0.717) is 11.0 Å². The maximum atomic E-state index is 9.40. The second-order valence-corrected chi connectivity index (χ2v) is 8.28. The van der Waals surface area contributed by atoms with Crippen molar-refractivity contribution >= 4 is 6.08 Å². The fourth-order valence-electron chi connectivity index (χ4n) is 3.26. The second kappa shape index (κ2) is 11.0. The highest BCUT2D eigenvalue weighted by molar-refractivity contribution is 5.66. The topological polar surface area (TPSA) is 47.6 Å². The molecule has 0 bridgehead atoms. The molecule has 0 N–H and O–H groups in total. The summed E-state index contributed by atoms with van der Waals surface area (Å²) in [6.07, 6.45) is 20.3. The van der Waals surface area contributed by atoms with Crippen molar-refractivity contribution in [2.45, 2.75) is 40.5 Å². The Labute approximate surface area is 181 Å². The van der Waals surface area contributed by atoms with Crippen LogP contribution in [0.2, 0.25) is 0 Å². The van der Waals surface area contributed by atoms with Gasteiger partial charge < -0.3 is 0 Å². The molecule has 0 spiro atoms. The average molecular weight is 395 g/mol. The van der Waals surface area contributed by atoms with Gasteiger partial charge >= 0.3 is 0 Å². The highest BCUT2D eigenvalue weighted by Gasteiger charge is 2.14. The molecule has 0 radical (unpaired) electrons. The van der Waals surface area contributed by atoms with E-state index in [9.17, 15) is 5.26 Å². The molecule has 1 unspecified atom stereocenters. The molecular weight excluding hydrogens is 364 g/mol. The van der Waals surface area contributed by atoms with Crippen LogP contribution in [-0.2, 0) is 0 Å². The van der Waals surface area contributed by atoms with Crippen LogP contribution in [0.15, 0.2) is 89.6 Å². The zero-order valence-corrected chi connectivity index (χ0v) is 18.4. The van der Waals surface area contributed by atoms with Crippen molar-refractivity contribution in [3.05, 3.63) is 101 Å². The summed E-state index contributed by atoms with van der Waals surface area (Å²) in [5.41, 5.74) is 4.97. The molecule has 0 saturated carbocycles. The molecule has 2 nitrogen and oxygen atoms in total. The fraction of sp³-hybridized carbons (Fsp3) is 0.286. The Morgan fingerprint density at radius 1 is 1.10 bits per heavy atom. The van der Waals surface area contributed by atoms with E-state index in [1.54, 1.807) is 0 Å². The molecule has 2 aliphatic rings. The van der Waals surface area contributed by atoms with E-state index < -0.39 is 0 Å². The minimum Gasteiger partial charge on any atom is -0.193 e. The first-order chi connectivity index (χ1) is 14.4. The summed E-state index contributed by atoms with van der Waals surface area (Å²) in [6.45, 7) is 8.41. The maximum absolute atomic E-state index is 9.40. The van der Waals surface area contributed by atoms with E-state index >= 15 is 0 Å². The molecule has 1 aromatic rings. The van der Waals surface area contributed by atoms with Crippen LogP contribution in [-0.4, -0.2) is 0 Å². The normalized spacial score (nSPS) is 19.8. The molecule has 2 aliphatic carbocycles. The summed E-state index contributed by atoms with van der Waals surface area (Å²) in [7, 11) is 0. The molecule has 0 amide bonds. The molecule has 0 fully saturated rings. The van der Waals surface area contributed by atoms with Gasteiger partial charge in [-0.05, 0) is 49.3 Å². The van der Waals surface area contributed by atoms with Crippen molar-refractivity contribution in [2.75, 3.05) is 0 Å². The molecule has 2 heteroatoms. The van der Waals surface area contributed by atoms with Gasteiger partial charge in [0.15, 0.2) is 0 Å². The average Bonchev–Trinajstić information content (AvgIpc) is 2.75. The van der Waals surface area contributed by atoms with Gasteiger partial charge in [-0.15, -0.1) is 0 Å². The standard InChI is InChI=1S/C20H18N2.C8H12/c1-3-17(13-21)18-8-10-19(11-9-18)20(14-22)12-16-6-4-15(2)5-7-16;1-8(2)6-4-3-5-7-8/h3-8,10-12,18H,9H2,1-2H3;3-6H,7H2,1-2H3/b17-3+,20-12+;. The monoisotopic (exact) mass is 394 g/mol. The molecule has 0 aromatic heterocycles. The van der Waals surface area contributed by atoms with Crippen LogP contribution in [0.4, 0.5) is 0 Å². The van der Waals surface area contributed by atoms with Crippen molar-refractivity contribution in [1.29, 1.82) is 10.5 Å². The van der Waals surface area contributed by atoms with E-state index in [-0.39, 0.29) is 5.92 Å². The van der Waals surface area contributed by atoms with Crippen LogP contribution in [0.1, 0.15) is 44.7 Å². The smallest absolute Gasteiger partial charge is 0.0998 e. The van der Waals surface area contributed by atoms with Gasteiger partial charge in [-0.3, -0.25) is 0 Å². The lowest BCUT2D eigenvalue weighted by atomic mass is 9.86. The van der Waals surface area contributed by atoms with Crippen molar-refractivity contribution < 1.29 is 0 Å². The second-order valence-electron chi connectivity index (χ2n) is 8.28. The van der Waals surface area contributed by atoms with Crippen LogP contribution in [0, 0.1) is 40.9 Å². The number of allylic oxidation sites excluding steroid dienone is 11. The van der Waals surface area contributed by atoms with Gasteiger partial charge in [-0.2, -0.15) is 10.5 Å². The van der Waals surface area contributed by atoms with Crippen LogP contribution in [0.3, 0.4) is 0 Å². The maximum Gasteiger partial charge on any atom is 0.0998 e. The third kappa shape index (κ3) is 6.91. The first-order valence-corrected chi connectivity index (χ1v) is 10.4. The van der Waals surface area contributed by atoms with Crippen molar-refractivity contribution in [2.24, 2.45) is 11.3 Å². The Kier molecular flexibility index (Phi) is 8.40. The van der Waals surface area contributed by atoms with Gasteiger partial charge in [-0.25, -0.2) is 0 Å². The predicted octanol–water partition coefficient (Wildman–Crippen LogP) is 7.40. The van der Waals surface area contributed by atoms with E-state index in [4.69, 9.17) is 5.26 Å². The molecule has 30 heavy (non-hydrogen) atoms. The highest BCUT2D eigenvalue weighted by atomic mass is 14.3. The van der Waals surface area contributed by atoms with E-state index in [1.807, 2.05) is 68.5 Å². The highest BCUT2D eigenvalue weighted by Crippen LogP contribution is 2.27. The molecule has 3 rings (SSSR count). The van der Waals surface area contributed by atoms with Gasteiger partial charge in [0.05, 0.1) is 17.7 Å². The number of rotatable bonds is 3. The van der Waals surface area contributed by atoms with Gasteiger partial charge in [0.1, 0.15) is 0 Å². The number of hydrogen-bond donors (Lipinski definition) is 0. The minimum atomic E-state index is 0.123. The van der Waals surface area contributed by atoms with Gasteiger partial charge in [0.25, 0.3) is 0 Å². The summed E-state index contributed by atoms with van der Waals surface area (Å²) >= 11 is 0. The lowest BCUT2D eigenvalue weighted by Crippen LogP contribution is -2.06. The molecule has 152 valence electrons. The molecule has 1 atom stereocenters. The summed E-state index contributed by atoms with van der Waals surface area (Å²) in [5, 5.41) is 18.5. The zero-order chi connectivity index (χ0) is 22.0. The summed E-state index contributed by atoms with van der Waals surface area (Å²) in [5.74, 6) is 0.123. The van der Waals surface area contributed by atoms with Gasteiger partial charge in [0, 0.05) is 11.5 Å². The third-order valence-corrected chi connectivity index (χ3v) is 5.20. The largest absolute Gasteiger partial charge is 0.193 e. The summed E-state index contributed by atoms with van der Waals surface area (Å²) < 4.78 is 0. The molecular formula is C28H30N2. The lowest BCUT2D eigenvalue weighted by Gasteiger charge is -2.19. The van der Waals surface area contributed by atoms with Crippen LogP contribution < -0.4 is 0 Å². The van der Waals surface area contributed by atoms with Crippen molar-refractivity contribution in [1.82, 2.24) is 0 Å². The van der Waals surface area contributed by atoms with Crippen LogP contribution >= 0.6 is 0 Å². The minimum absolute atomic E-state index is 0.123. The molecule has 1 aromatic carbocycles. The van der Waals surface area contributed by atoms with Gasteiger partial charge in [0.2, 0.25) is 0 Å². The van der Waals surface area contributed by atoms with Gasteiger partial charge in [-0.1, -0.05) is 92.3 Å². The van der Waals surface area contributed by atoms with E-state index in [0.717, 1.165) is 23.1 Å². The Hall–Kier alpha value is -3.36. The first kappa shape index (κ1) is 22.9. The van der Waals surface area contributed by atoms with Crippen LogP contribution in [0.25, 0.3) is 6.08 Å². The fourth-order valence-corrected chi connectivity index (χ4v) is 3.26. The number of nitrogens with zero attached hydrogens (tertiary/aromatic N) is 2. The van der Waals surface area contributed by atoms with E-state index in [1.165, 1.54) is 12.0 Å².